The fourth-order valence-corrected chi connectivity index (χ4v) is 1.92. The first-order valence-corrected chi connectivity index (χ1v) is 6.74. The van der Waals surface area contributed by atoms with Gasteiger partial charge in [0, 0.05) is 31.2 Å². The summed E-state index contributed by atoms with van der Waals surface area (Å²) in [4.78, 5) is 12.9. The van der Waals surface area contributed by atoms with Gasteiger partial charge in [0.05, 0.1) is 12.0 Å². The molecule has 0 bridgehead atoms. The molecule has 0 aromatic carbocycles. The van der Waals surface area contributed by atoms with Gasteiger partial charge in [-0.25, -0.2) is 15.0 Å². The number of aryl methyl sites for hydroxylation is 2. The van der Waals surface area contributed by atoms with Crippen molar-refractivity contribution in [2.45, 2.75) is 40.2 Å². The zero-order valence-corrected chi connectivity index (χ0v) is 11.8. The fourth-order valence-electron chi connectivity index (χ4n) is 1.92. The van der Waals surface area contributed by atoms with E-state index in [0.29, 0.717) is 5.95 Å². The van der Waals surface area contributed by atoms with Crippen molar-refractivity contribution in [1.29, 1.82) is 0 Å². The van der Waals surface area contributed by atoms with Crippen LogP contribution in [0.3, 0.4) is 0 Å². The molecule has 0 aliphatic carbocycles. The molecule has 0 spiro atoms. The van der Waals surface area contributed by atoms with E-state index in [1.807, 2.05) is 25.6 Å². The molecule has 0 unspecified atom stereocenters. The van der Waals surface area contributed by atoms with E-state index < -0.39 is 0 Å². The van der Waals surface area contributed by atoms with Crippen LogP contribution in [0.5, 0.6) is 0 Å². The Bertz CT molecular complexity index is 515. The molecule has 102 valence electrons. The van der Waals surface area contributed by atoms with Gasteiger partial charge in [0.25, 0.3) is 0 Å². The Morgan fingerprint density at radius 1 is 1.16 bits per heavy atom. The molecule has 5 heteroatoms. The van der Waals surface area contributed by atoms with Crippen LogP contribution in [0.2, 0.25) is 0 Å². The number of rotatable bonds is 6. The first-order valence-electron chi connectivity index (χ1n) is 6.74. The van der Waals surface area contributed by atoms with Crippen molar-refractivity contribution < 1.29 is 0 Å². The normalized spacial score (nSPS) is 10.7. The molecule has 2 aromatic heterocycles. The average Bonchev–Trinajstić information content (AvgIpc) is 2.73. The second-order valence-corrected chi connectivity index (χ2v) is 4.70. The molecular weight excluding hydrogens is 238 g/mol. The molecule has 1 N–H and O–H groups in total. The Balaban J connectivity index is 1.84. The molecule has 2 rings (SSSR count). The van der Waals surface area contributed by atoms with E-state index in [9.17, 15) is 0 Å². The first-order chi connectivity index (χ1) is 9.20. The lowest BCUT2D eigenvalue weighted by atomic mass is 10.2. The molecule has 0 amide bonds. The van der Waals surface area contributed by atoms with Crippen molar-refractivity contribution in [2.24, 2.45) is 0 Å². The topological polar surface area (TPSA) is 55.6 Å². The van der Waals surface area contributed by atoms with E-state index >= 15 is 0 Å². The Morgan fingerprint density at radius 2 is 1.89 bits per heavy atom. The average molecular weight is 259 g/mol. The lowest BCUT2D eigenvalue weighted by molar-refractivity contribution is 0.702. The van der Waals surface area contributed by atoms with Gasteiger partial charge < -0.3 is 9.88 Å². The number of nitrogens with zero attached hydrogens (tertiary/aromatic N) is 4. The highest BCUT2D eigenvalue weighted by molar-refractivity contribution is 5.24. The molecule has 0 saturated heterocycles. The highest BCUT2D eigenvalue weighted by Crippen LogP contribution is 2.05. The fraction of sp³-hybridized carbons (Fsp3) is 0.500. The summed E-state index contributed by atoms with van der Waals surface area (Å²) in [5.74, 6) is 0.689. The van der Waals surface area contributed by atoms with E-state index in [2.05, 4.69) is 38.7 Å². The van der Waals surface area contributed by atoms with E-state index in [-0.39, 0.29) is 0 Å². The minimum atomic E-state index is 0.689. The van der Waals surface area contributed by atoms with Gasteiger partial charge in [0.15, 0.2) is 0 Å². The van der Waals surface area contributed by atoms with Crippen molar-refractivity contribution in [1.82, 2.24) is 19.5 Å². The van der Waals surface area contributed by atoms with Gasteiger partial charge in [0.1, 0.15) is 0 Å². The zero-order chi connectivity index (χ0) is 13.7. The number of hydrogen-bond acceptors (Lipinski definition) is 4. The standard InChI is InChI=1S/C14H21N5/c1-4-5-13-8-16-14(17-9-13)15-6-7-19-10-18-11(2)12(19)3/h8-10H,4-7H2,1-3H3,(H,15,16,17). The van der Waals surface area contributed by atoms with Crippen molar-refractivity contribution in [3.05, 3.63) is 35.7 Å². The molecule has 0 fully saturated rings. The molecule has 19 heavy (non-hydrogen) atoms. The number of hydrogen-bond donors (Lipinski definition) is 1. The number of aromatic nitrogens is 4. The van der Waals surface area contributed by atoms with Gasteiger partial charge >= 0.3 is 0 Å². The van der Waals surface area contributed by atoms with Crippen molar-refractivity contribution in [3.8, 4) is 0 Å². The largest absolute Gasteiger partial charge is 0.352 e. The highest BCUT2D eigenvalue weighted by Gasteiger charge is 2.02. The SMILES string of the molecule is CCCc1cnc(NCCn2cnc(C)c2C)nc1. The van der Waals surface area contributed by atoms with Crippen LogP contribution in [0.1, 0.15) is 30.3 Å². The maximum Gasteiger partial charge on any atom is 0.222 e. The number of anilines is 1. The second-order valence-electron chi connectivity index (χ2n) is 4.70. The van der Waals surface area contributed by atoms with Crippen LogP contribution in [0.15, 0.2) is 18.7 Å². The first kappa shape index (κ1) is 13.5. The molecule has 0 radical (unpaired) electrons. The van der Waals surface area contributed by atoms with Gasteiger partial charge in [-0.2, -0.15) is 0 Å². The third-order valence-corrected chi connectivity index (χ3v) is 3.23. The van der Waals surface area contributed by atoms with Crippen molar-refractivity contribution in [2.75, 3.05) is 11.9 Å². The third-order valence-electron chi connectivity index (χ3n) is 3.23. The van der Waals surface area contributed by atoms with Gasteiger partial charge in [0.2, 0.25) is 5.95 Å². The van der Waals surface area contributed by atoms with Crippen LogP contribution >= 0.6 is 0 Å². The summed E-state index contributed by atoms with van der Waals surface area (Å²) >= 11 is 0. The highest BCUT2D eigenvalue weighted by atomic mass is 15.1. The van der Waals surface area contributed by atoms with E-state index in [1.165, 1.54) is 11.3 Å². The minimum absolute atomic E-state index is 0.689. The van der Waals surface area contributed by atoms with Crippen molar-refractivity contribution >= 4 is 5.95 Å². The predicted molar refractivity (Wildman–Crippen MR) is 76.2 cm³/mol. The summed E-state index contributed by atoms with van der Waals surface area (Å²) in [5, 5.41) is 3.23. The van der Waals surface area contributed by atoms with Crippen LogP contribution in [0, 0.1) is 13.8 Å². The van der Waals surface area contributed by atoms with Crippen LogP contribution < -0.4 is 5.32 Å². The molecule has 0 aliphatic heterocycles. The zero-order valence-electron chi connectivity index (χ0n) is 11.8. The van der Waals surface area contributed by atoms with Gasteiger partial charge in [-0.1, -0.05) is 13.3 Å². The summed E-state index contributed by atoms with van der Waals surface area (Å²) < 4.78 is 2.13. The summed E-state index contributed by atoms with van der Waals surface area (Å²) in [6, 6.07) is 0. The quantitative estimate of drug-likeness (QED) is 0.865. The van der Waals surface area contributed by atoms with Crippen LogP contribution in [0.4, 0.5) is 5.95 Å². The Labute approximate surface area is 114 Å². The number of imidazole rings is 1. The van der Waals surface area contributed by atoms with Crippen molar-refractivity contribution in [3.63, 3.8) is 0 Å². The predicted octanol–water partition coefficient (Wildman–Crippen LogP) is 2.35. The molecule has 0 saturated carbocycles. The summed E-state index contributed by atoms with van der Waals surface area (Å²) in [7, 11) is 0. The van der Waals surface area contributed by atoms with E-state index in [0.717, 1.165) is 31.6 Å². The summed E-state index contributed by atoms with van der Waals surface area (Å²) in [6.07, 6.45) is 7.82. The monoisotopic (exact) mass is 259 g/mol. The molecule has 2 aromatic rings. The van der Waals surface area contributed by atoms with Gasteiger partial charge in [-0.15, -0.1) is 0 Å². The van der Waals surface area contributed by atoms with Crippen LogP contribution in [-0.4, -0.2) is 26.1 Å². The smallest absolute Gasteiger partial charge is 0.222 e. The summed E-state index contributed by atoms with van der Waals surface area (Å²) in [6.45, 7) is 7.92. The molecule has 5 nitrogen and oxygen atoms in total. The van der Waals surface area contributed by atoms with E-state index in [1.54, 1.807) is 0 Å². The maximum atomic E-state index is 4.31. The lowest BCUT2D eigenvalue weighted by Crippen LogP contribution is -2.12. The number of nitrogens with one attached hydrogen (secondary N) is 1. The Kier molecular flexibility index (Phi) is 4.49. The lowest BCUT2D eigenvalue weighted by Gasteiger charge is -2.07. The summed E-state index contributed by atoms with van der Waals surface area (Å²) in [5.41, 5.74) is 3.48. The van der Waals surface area contributed by atoms with Gasteiger partial charge in [-0.05, 0) is 25.8 Å². The van der Waals surface area contributed by atoms with E-state index in [4.69, 9.17) is 0 Å². The molecular formula is C14H21N5. The minimum Gasteiger partial charge on any atom is -0.352 e. The molecule has 2 heterocycles. The second kappa shape index (κ2) is 6.31. The van der Waals surface area contributed by atoms with Gasteiger partial charge in [-0.3, -0.25) is 0 Å². The Morgan fingerprint density at radius 3 is 2.47 bits per heavy atom. The maximum absolute atomic E-state index is 4.31. The van der Waals surface area contributed by atoms with Crippen LogP contribution in [0.25, 0.3) is 0 Å². The van der Waals surface area contributed by atoms with Crippen LogP contribution in [-0.2, 0) is 13.0 Å². The molecule has 0 atom stereocenters. The Hall–Kier alpha value is -1.91. The third kappa shape index (κ3) is 3.53. The molecule has 0 aliphatic rings.